The van der Waals surface area contributed by atoms with Crippen molar-refractivity contribution >= 4 is 30.0 Å². The Bertz CT molecular complexity index is 1470. The predicted octanol–water partition coefficient (Wildman–Crippen LogP) is 4.96. The van der Waals surface area contributed by atoms with Gasteiger partial charge in [-0.1, -0.05) is 41.0 Å². The van der Waals surface area contributed by atoms with Crippen LogP contribution < -0.4 is 29.6 Å². The lowest BCUT2D eigenvalue weighted by atomic mass is 9.91. The van der Waals surface area contributed by atoms with Crippen LogP contribution in [-0.2, 0) is 4.57 Å². The van der Waals surface area contributed by atoms with Crippen LogP contribution in [0.15, 0.2) is 84.9 Å². The molecular weight excluding hydrogens is 503 g/mol. The Balaban J connectivity index is 2.04. The van der Waals surface area contributed by atoms with E-state index < -0.39 is 19.4 Å². The smallest absolute Gasteiger partial charge is 0.416 e. The third-order valence-electron chi connectivity index (χ3n) is 6.03. The SMILES string of the molecule is COc1cccc(OC)c1C(=O)c1cccc([P+](=O)c2ccccc2)c1C(=O)c1c(OC)cccc1OC. The zero-order valence-electron chi connectivity index (χ0n) is 21.4. The highest BCUT2D eigenvalue weighted by Crippen LogP contribution is 2.36. The molecule has 1 unspecified atom stereocenters. The van der Waals surface area contributed by atoms with E-state index in [1.165, 1.54) is 34.5 Å². The first-order chi connectivity index (χ1) is 18.5. The van der Waals surface area contributed by atoms with E-state index in [0.717, 1.165) is 0 Å². The van der Waals surface area contributed by atoms with E-state index in [9.17, 15) is 14.2 Å². The summed E-state index contributed by atoms with van der Waals surface area (Å²) in [6, 6.07) is 23.4. The van der Waals surface area contributed by atoms with Gasteiger partial charge in [0.05, 0.1) is 34.0 Å². The summed E-state index contributed by atoms with van der Waals surface area (Å²) in [5.41, 5.74) is 0.286. The number of carbonyl (C=O) groups is 2. The lowest BCUT2D eigenvalue weighted by molar-refractivity contribution is 0.0997. The van der Waals surface area contributed by atoms with Gasteiger partial charge >= 0.3 is 7.80 Å². The first-order valence-electron chi connectivity index (χ1n) is 11.6. The van der Waals surface area contributed by atoms with Crippen LogP contribution in [0.3, 0.4) is 0 Å². The third-order valence-corrected chi connectivity index (χ3v) is 7.61. The van der Waals surface area contributed by atoms with Gasteiger partial charge in [0.1, 0.15) is 34.1 Å². The van der Waals surface area contributed by atoms with Gasteiger partial charge in [-0.25, -0.2) is 0 Å². The molecule has 0 heterocycles. The Morgan fingerprint density at radius 1 is 0.526 bits per heavy atom. The van der Waals surface area contributed by atoms with Crippen LogP contribution in [0, 0.1) is 0 Å². The normalized spacial score (nSPS) is 10.9. The molecule has 1 atom stereocenters. The van der Waals surface area contributed by atoms with Crippen molar-refractivity contribution in [2.45, 2.75) is 0 Å². The molecule has 0 aliphatic carbocycles. The number of hydrogen-bond donors (Lipinski definition) is 0. The molecule has 0 saturated carbocycles. The molecule has 0 saturated heterocycles. The summed E-state index contributed by atoms with van der Waals surface area (Å²) in [7, 11) is 3.52. The van der Waals surface area contributed by atoms with Gasteiger partial charge < -0.3 is 18.9 Å². The Hall–Kier alpha value is -4.48. The second-order valence-corrected chi connectivity index (χ2v) is 9.65. The van der Waals surface area contributed by atoms with Crippen LogP contribution in [0.1, 0.15) is 31.8 Å². The molecule has 8 heteroatoms. The van der Waals surface area contributed by atoms with Crippen molar-refractivity contribution in [3.8, 4) is 23.0 Å². The summed E-state index contributed by atoms with van der Waals surface area (Å²) in [5, 5.41) is 0.729. The topological polar surface area (TPSA) is 88.1 Å². The number of ether oxygens (including phenoxy) is 4. The predicted molar refractivity (Wildman–Crippen MR) is 146 cm³/mol. The second kappa shape index (κ2) is 11.7. The van der Waals surface area contributed by atoms with E-state index in [4.69, 9.17) is 18.9 Å². The third kappa shape index (κ3) is 4.89. The number of methoxy groups -OCH3 is 4. The van der Waals surface area contributed by atoms with Gasteiger partial charge in [-0.3, -0.25) is 9.59 Å². The molecular formula is C30H26O7P+. The summed E-state index contributed by atoms with van der Waals surface area (Å²) < 4.78 is 35.7. The minimum absolute atomic E-state index is 0.0155. The van der Waals surface area contributed by atoms with Crippen molar-refractivity contribution in [1.29, 1.82) is 0 Å². The van der Waals surface area contributed by atoms with Crippen molar-refractivity contribution in [3.63, 3.8) is 0 Å². The molecule has 38 heavy (non-hydrogen) atoms. The van der Waals surface area contributed by atoms with Crippen molar-refractivity contribution in [1.82, 2.24) is 0 Å². The highest BCUT2D eigenvalue weighted by Gasteiger charge is 2.37. The van der Waals surface area contributed by atoms with Gasteiger partial charge in [-0.05, 0) is 48.5 Å². The van der Waals surface area contributed by atoms with Crippen LogP contribution in [0.2, 0.25) is 0 Å². The summed E-state index contributed by atoms with van der Waals surface area (Å²) in [6.45, 7) is 0. The fraction of sp³-hybridized carbons (Fsp3) is 0.133. The molecule has 4 aromatic carbocycles. The lowest BCUT2D eigenvalue weighted by Gasteiger charge is -2.16. The fourth-order valence-corrected chi connectivity index (χ4v) is 5.62. The van der Waals surface area contributed by atoms with Gasteiger partial charge in [0.25, 0.3) is 0 Å². The maximum atomic E-state index is 14.3. The van der Waals surface area contributed by atoms with Crippen molar-refractivity contribution in [2.24, 2.45) is 0 Å². The van der Waals surface area contributed by atoms with E-state index in [0.29, 0.717) is 5.30 Å². The summed E-state index contributed by atoms with van der Waals surface area (Å²) in [6.07, 6.45) is 0. The summed E-state index contributed by atoms with van der Waals surface area (Å²) in [4.78, 5) is 28.4. The molecule has 4 rings (SSSR count). The van der Waals surface area contributed by atoms with Gasteiger partial charge in [-0.2, -0.15) is 0 Å². The first-order valence-corrected chi connectivity index (χ1v) is 12.9. The molecule has 0 aliphatic heterocycles. The van der Waals surface area contributed by atoms with Crippen molar-refractivity contribution < 1.29 is 33.1 Å². The zero-order chi connectivity index (χ0) is 27.2. The number of carbonyl (C=O) groups excluding carboxylic acids is 2. The number of ketones is 2. The van der Waals surface area contributed by atoms with E-state index >= 15 is 0 Å². The Morgan fingerprint density at radius 3 is 1.45 bits per heavy atom. The van der Waals surface area contributed by atoms with Crippen LogP contribution >= 0.6 is 7.80 Å². The van der Waals surface area contributed by atoms with Crippen LogP contribution in [0.5, 0.6) is 23.0 Å². The minimum Gasteiger partial charge on any atom is -0.496 e. The van der Waals surface area contributed by atoms with E-state index in [2.05, 4.69) is 0 Å². The van der Waals surface area contributed by atoms with Crippen molar-refractivity contribution in [2.75, 3.05) is 28.4 Å². The standard InChI is InChI=1S/C30H26O7P/c1-34-21-14-9-15-22(35-2)27(21)29(31)20-13-8-18-25(38(33)19-11-6-5-7-12-19)26(20)30(32)28-23(36-3)16-10-17-24(28)37-4/h5-18H,1-4H3/q+1. The molecule has 7 nitrogen and oxygen atoms in total. The summed E-state index contributed by atoms with van der Waals surface area (Å²) >= 11 is 0. The molecule has 192 valence electrons. The second-order valence-electron chi connectivity index (χ2n) is 8.06. The maximum absolute atomic E-state index is 14.3. The molecule has 4 aromatic rings. The molecule has 0 amide bonds. The Kier molecular flexibility index (Phi) is 8.19. The van der Waals surface area contributed by atoms with Crippen LogP contribution in [-0.4, -0.2) is 40.0 Å². The zero-order valence-corrected chi connectivity index (χ0v) is 22.3. The van der Waals surface area contributed by atoms with Crippen LogP contribution in [0.4, 0.5) is 0 Å². The van der Waals surface area contributed by atoms with E-state index in [1.807, 2.05) is 6.07 Å². The Labute approximate surface area is 221 Å². The number of hydrogen-bond acceptors (Lipinski definition) is 7. The molecule has 0 bridgehead atoms. The van der Waals surface area contributed by atoms with Gasteiger partial charge in [0.15, 0.2) is 5.30 Å². The van der Waals surface area contributed by atoms with Gasteiger partial charge in [0, 0.05) is 5.56 Å². The van der Waals surface area contributed by atoms with Gasteiger partial charge in [0.2, 0.25) is 16.9 Å². The van der Waals surface area contributed by atoms with E-state index in [1.54, 1.807) is 72.8 Å². The number of rotatable bonds is 10. The van der Waals surface area contributed by atoms with E-state index in [-0.39, 0.29) is 50.6 Å². The minimum atomic E-state index is -2.24. The maximum Gasteiger partial charge on any atom is 0.416 e. The first kappa shape index (κ1) is 26.6. The number of benzene rings is 4. The average molecular weight is 530 g/mol. The Morgan fingerprint density at radius 2 is 0.974 bits per heavy atom. The molecule has 0 radical (unpaired) electrons. The van der Waals surface area contributed by atoms with Crippen LogP contribution in [0.25, 0.3) is 0 Å². The highest BCUT2D eigenvalue weighted by molar-refractivity contribution is 7.61. The largest absolute Gasteiger partial charge is 0.496 e. The fourth-order valence-electron chi connectivity index (χ4n) is 4.25. The lowest BCUT2D eigenvalue weighted by Crippen LogP contribution is -2.23. The van der Waals surface area contributed by atoms with Crippen molar-refractivity contribution in [3.05, 3.63) is 107 Å². The molecule has 0 fully saturated rings. The monoisotopic (exact) mass is 529 g/mol. The highest BCUT2D eigenvalue weighted by atomic mass is 31.1. The molecule has 0 N–H and O–H groups in total. The quantitative estimate of drug-likeness (QED) is 0.212. The molecule has 0 aliphatic rings. The van der Waals surface area contributed by atoms with Gasteiger partial charge in [-0.15, -0.1) is 0 Å². The summed E-state index contributed by atoms with van der Waals surface area (Å²) in [5.74, 6) is -0.0121. The molecule has 0 spiro atoms. The molecule has 0 aromatic heterocycles. The average Bonchev–Trinajstić information content (AvgIpc) is 2.98.